The van der Waals surface area contributed by atoms with Crippen molar-refractivity contribution in [1.29, 1.82) is 0 Å². The summed E-state index contributed by atoms with van der Waals surface area (Å²) in [5.74, 6) is -0.294. The zero-order valence-electron chi connectivity index (χ0n) is 40.2. The van der Waals surface area contributed by atoms with E-state index in [9.17, 15) is 24.5 Å². The van der Waals surface area contributed by atoms with E-state index in [0.29, 0.717) is 30.3 Å². The van der Waals surface area contributed by atoms with Crippen LogP contribution in [0.25, 0.3) is 0 Å². The number of unbranched alkanes of at least 4 members (excludes halogenated alkanes) is 23. The Morgan fingerprint density at radius 2 is 0.984 bits per heavy atom. The van der Waals surface area contributed by atoms with Crippen LogP contribution in [0.4, 0.5) is 0 Å². The second-order valence-electron chi connectivity index (χ2n) is 18.3. The van der Waals surface area contributed by atoms with E-state index >= 15 is 0 Å². The molecule has 0 aliphatic heterocycles. The Kier molecular flexibility index (Phi) is 41.3. The van der Waals surface area contributed by atoms with E-state index in [-0.39, 0.29) is 18.9 Å². The van der Waals surface area contributed by atoms with Gasteiger partial charge in [-0.25, -0.2) is 0 Å². The summed E-state index contributed by atoms with van der Waals surface area (Å²) in [5, 5.41) is 24.6. The number of hydrogen-bond acceptors (Lipinski definition) is 7. The Labute approximate surface area is 376 Å². The van der Waals surface area contributed by atoms with E-state index in [1.54, 1.807) is 0 Å². The lowest BCUT2D eigenvalue weighted by Crippen LogP contribution is -2.51. The van der Waals surface area contributed by atoms with E-state index in [1.807, 2.05) is 21.1 Å². The average molecular weight is 881 g/mol. The molecule has 0 saturated carbocycles. The molecule has 0 aliphatic carbocycles. The molecule has 0 bridgehead atoms. The summed E-state index contributed by atoms with van der Waals surface area (Å²) < 4.78 is 23.2. The quantitative estimate of drug-likeness (QED) is 0.0240. The molecule has 0 radical (unpaired) electrons. The Bertz CT molecular complexity index is 1150. The summed E-state index contributed by atoms with van der Waals surface area (Å²) >= 11 is 0. The lowest BCUT2D eigenvalue weighted by molar-refractivity contribution is -0.870. The van der Waals surface area contributed by atoms with Gasteiger partial charge < -0.3 is 34.0 Å². The maximum atomic E-state index is 12.9. The van der Waals surface area contributed by atoms with Crippen LogP contribution in [0.1, 0.15) is 213 Å². The summed E-state index contributed by atoms with van der Waals surface area (Å²) in [5.41, 5.74) is 0. The van der Waals surface area contributed by atoms with Gasteiger partial charge in [0.1, 0.15) is 19.3 Å². The van der Waals surface area contributed by atoms with Crippen LogP contribution in [-0.4, -0.2) is 79.8 Å². The van der Waals surface area contributed by atoms with Crippen molar-refractivity contribution in [3.05, 3.63) is 48.6 Å². The molecule has 4 atom stereocenters. The Balaban J connectivity index is 4.35. The summed E-state index contributed by atoms with van der Waals surface area (Å²) in [6.07, 6.45) is 50.2. The minimum Gasteiger partial charge on any atom is -0.756 e. The monoisotopic (exact) mass is 881 g/mol. The topological polar surface area (TPSA) is 128 Å². The van der Waals surface area contributed by atoms with Gasteiger partial charge in [0.05, 0.1) is 39.9 Å². The minimum atomic E-state index is -4.68. The molecular weight excluding hydrogens is 784 g/mol. The zero-order valence-corrected chi connectivity index (χ0v) is 41.1. The summed E-state index contributed by atoms with van der Waals surface area (Å²) in [6, 6.07) is -1.09. The first-order chi connectivity index (χ1) is 29.4. The fourth-order valence-corrected chi connectivity index (χ4v) is 7.81. The molecule has 9 nitrogen and oxygen atoms in total. The Morgan fingerprint density at radius 1 is 0.590 bits per heavy atom. The van der Waals surface area contributed by atoms with E-state index in [1.165, 1.54) is 122 Å². The van der Waals surface area contributed by atoms with E-state index in [2.05, 4.69) is 67.8 Å². The zero-order chi connectivity index (χ0) is 45.1. The molecule has 0 fully saturated rings. The predicted octanol–water partition coefficient (Wildman–Crippen LogP) is 12.8. The smallest absolute Gasteiger partial charge is 0.268 e. The molecular formula is C51H97N2O7P. The van der Waals surface area contributed by atoms with Gasteiger partial charge in [0.15, 0.2) is 0 Å². The standard InChI is InChI=1S/C51H97N2O7P/c1-6-8-10-12-14-16-18-20-21-22-23-24-25-26-27-28-29-30-31-32-34-36-38-40-42-44-50(55)52-48(47-60-61(57,58)59-46-45-53(3,4)5)51(56)49(54)43-41-39-37-35-33-19-17-15-13-11-9-7-2/h18,20,22-23,25-26,35,37,48-49,51,54,56H,6-17,19,21,24,27-34,36,38-47H2,1-5H3,(H-,52,55,57,58)/b20-18-,23-22-,26-25-,37-35+. The van der Waals surface area contributed by atoms with Crippen LogP contribution >= 0.6 is 7.82 Å². The molecule has 0 rings (SSSR count). The average Bonchev–Trinajstić information content (AvgIpc) is 3.21. The van der Waals surface area contributed by atoms with Crippen LogP contribution in [0, 0.1) is 0 Å². The fraction of sp³-hybridized carbons (Fsp3) is 0.824. The molecule has 0 aromatic heterocycles. The molecule has 0 aliphatic rings. The van der Waals surface area contributed by atoms with Crippen LogP contribution in [0.2, 0.25) is 0 Å². The van der Waals surface area contributed by atoms with Crippen molar-refractivity contribution in [2.24, 2.45) is 0 Å². The number of quaternary nitrogens is 1. The third-order valence-electron chi connectivity index (χ3n) is 11.1. The molecule has 1 amide bonds. The van der Waals surface area contributed by atoms with Gasteiger partial charge in [-0.1, -0.05) is 178 Å². The lowest BCUT2D eigenvalue weighted by atomic mass is 10.0. The number of hydrogen-bond donors (Lipinski definition) is 3. The predicted molar refractivity (Wildman–Crippen MR) is 257 cm³/mol. The van der Waals surface area contributed by atoms with Crippen LogP contribution in [0.15, 0.2) is 48.6 Å². The first kappa shape index (κ1) is 59.4. The highest BCUT2D eigenvalue weighted by atomic mass is 31.2. The van der Waals surface area contributed by atoms with Crippen molar-refractivity contribution in [3.63, 3.8) is 0 Å². The highest BCUT2D eigenvalue weighted by Crippen LogP contribution is 2.38. The van der Waals surface area contributed by atoms with Gasteiger partial charge in [0.25, 0.3) is 7.82 Å². The number of carbonyl (C=O) groups excluding carboxylic acids is 1. The number of amides is 1. The van der Waals surface area contributed by atoms with E-state index in [0.717, 1.165) is 51.4 Å². The van der Waals surface area contributed by atoms with Crippen LogP contribution in [0.5, 0.6) is 0 Å². The maximum Gasteiger partial charge on any atom is 0.268 e. The van der Waals surface area contributed by atoms with Crippen molar-refractivity contribution in [2.45, 2.75) is 231 Å². The molecule has 61 heavy (non-hydrogen) atoms. The van der Waals surface area contributed by atoms with Gasteiger partial charge in [0, 0.05) is 6.42 Å². The van der Waals surface area contributed by atoms with Crippen LogP contribution in [0.3, 0.4) is 0 Å². The van der Waals surface area contributed by atoms with Gasteiger partial charge in [0.2, 0.25) is 5.91 Å². The number of allylic oxidation sites excluding steroid dienone is 8. The van der Waals surface area contributed by atoms with Crippen molar-refractivity contribution in [2.75, 3.05) is 40.9 Å². The van der Waals surface area contributed by atoms with Gasteiger partial charge in [-0.15, -0.1) is 0 Å². The van der Waals surface area contributed by atoms with Gasteiger partial charge >= 0.3 is 0 Å². The number of phosphoric acid groups is 1. The summed E-state index contributed by atoms with van der Waals surface area (Å²) in [6.45, 7) is 4.39. The molecule has 4 unspecified atom stereocenters. The molecule has 0 heterocycles. The van der Waals surface area contributed by atoms with Crippen LogP contribution in [-0.2, 0) is 18.4 Å². The van der Waals surface area contributed by atoms with Crippen LogP contribution < -0.4 is 10.2 Å². The van der Waals surface area contributed by atoms with Crippen molar-refractivity contribution >= 4 is 13.7 Å². The van der Waals surface area contributed by atoms with Gasteiger partial charge in [-0.3, -0.25) is 9.36 Å². The number of nitrogens with zero attached hydrogens (tertiary/aromatic N) is 1. The largest absolute Gasteiger partial charge is 0.756 e. The number of carbonyl (C=O) groups is 1. The number of phosphoric ester groups is 1. The third-order valence-corrected chi connectivity index (χ3v) is 12.1. The molecule has 0 spiro atoms. The highest BCUT2D eigenvalue weighted by molar-refractivity contribution is 7.45. The minimum absolute atomic E-state index is 0.0483. The molecule has 0 saturated heterocycles. The van der Waals surface area contributed by atoms with Gasteiger partial charge in [-0.05, 0) is 77.0 Å². The molecule has 358 valence electrons. The van der Waals surface area contributed by atoms with Crippen molar-refractivity contribution in [3.8, 4) is 0 Å². The fourth-order valence-electron chi connectivity index (χ4n) is 7.08. The SMILES string of the molecule is CCCCCCC/C=C\C/C=C\C/C=C\CCCCCCCCCCCCC(=O)NC(COP(=O)([O-])OCC[N+](C)(C)C)C(O)C(O)CCC/C=C/CCCCCCCCC. The van der Waals surface area contributed by atoms with E-state index < -0.39 is 32.7 Å². The number of rotatable bonds is 45. The van der Waals surface area contributed by atoms with Crippen molar-refractivity contribution in [1.82, 2.24) is 5.32 Å². The highest BCUT2D eigenvalue weighted by Gasteiger charge is 2.29. The molecule has 0 aromatic carbocycles. The second-order valence-corrected chi connectivity index (χ2v) is 19.7. The second kappa shape index (κ2) is 42.4. The lowest BCUT2D eigenvalue weighted by Gasteiger charge is -2.31. The summed E-state index contributed by atoms with van der Waals surface area (Å²) in [7, 11) is 1.10. The molecule has 0 aromatic rings. The number of aliphatic hydroxyl groups is 2. The first-order valence-electron chi connectivity index (χ1n) is 25.1. The number of aliphatic hydroxyl groups excluding tert-OH is 2. The normalized spacial score (nSPS) is 15.1. The molecule has 3 N–H and O–H groups in total. The molecule has 10 heteroatoms. The Morgan fingerprint density at radius 3 is 1.44 bits per heavy atom. The Hall–Kier alpha value is -1.58. The van der Waals surface area contributed by atoms with Crippen molar-refractivity contribution < 1.29 is 38.0 Å². The number of likely N-dealkylation sites (N-methyl/N-ethyl adjacent to an activating group) is 1. The maximum absolute atomic E-state index is 12.9. The number of nitrogens with one attached hydrogen (secondary N) is 1. The summed E-state index contributed by atoms with van der Waals surface area (Å²) in [4.78, 5) is 25.4. The van der Waals surface area contributed by atoms with E-state index in [4.69, 9.17) is 9.05 Å². The third kappa shape index (κ3) is 43.5. The first-order valence-corrected chi connectivity index (χ1v) is 26.5. The van der Waals surface area contributed by atoms with Gasteiger partial charge in [-0.2, -0.15) is 0 Å².